The number of alkyl carbamates (subject to hydrolysis) is 1. The second kappa shape index (κ2) is 11.8. The lowest BCUT2D eigenvalue weighted by atomic mass is 10.2. The van der Waals surface area contributed by atoms with Crippen LogP contribution in [0.2, 0.25) is 0 Å². The molecule has 0 saturated carbocycles. The van der Waals surface area contributed by atoms with Gasteiger partial charge in [0, 0.05) is 18.1 Å². The maximum absolute atomic E-state index is 12.7. The smallest absolute Gasteiger partial charge is 0.413 e. The summed E-state index contributed by atoms with van der Waals surface area (Å²) in [7, 11) is 1.19. The van der Waals surface area contributed by atoms with Crippen molar-refractivity contribution in [2.24, 2.45) is 4.99 Å². The average Bonchev–Trinajstić information content (AvgIpc) is 2.86. The molecular weight excluding hydrogens is 436 g/mol. The fraction of sp³-hybridized carbons (Fsp3) is 0.120. The van der Waals surface area contributed by atoms with Crippen LogP contribution < -0.4 is 20.7 Å². The maximum Gasteiger partial charge on any atom is 0.413 e. The molecule has 174 valence electrons. The van der Waals surface area contributed by atoms with Gasteiger partial charge in [0.25, 0.3) is 5.91 Å². The molecule has 0 atom stereocenters. The number of nitrogens with zero attached hydrogens (tertiary/aromatic N) is 1. The van der Waals surface area contributed by atoms with Crippen molar-refractivity contribution in [2.45, 2.75) is 13.3 Å². The Morgan fingerprint density at radius 3 is 2.18 bits per heavy atom. The lowest BCUT2D eigenvalue weighted by Crippen LogP contribution is -2.43. The highest BCUT2D eigenvalue weighted by Crippen LogP contribution is 2.32. The van der Waals surface area contributed by atoms with Crippen molar-refractivity contribution in [3.63, 3.8) is 0 Å². The van der Waals surface area contributed by atoms with E-state index in [9.17, 15) is 14.4 Å². The summed E-state index contributed by atoms with van der Waals surface area (Å²) in [5, 5.41) is 7.67. The van der Waals surface area contributed by atoms with Gasteiger partial charge in [-0.25, -0.2) is 9.79 Å². The van der Waals surface area contributed by atoms with Crippen LogP contribution in [0.3, 0.4) is 0 Å². The zero-order valence-corrected chi connectivity index (χ0v) is 18.7. The van der Waals surface area contributed by atoms with Gasteiger partial charge in [0.15, 0.2) is 0 Å². The van der Waals surface area contributed by atoms with Crippen molar-refractivity contribution in [1.82, 2.24) is 10.6 Å². The van der Waals surface area contributed by atoms with E-state index < -0.39 is 6.09 Å². The number of carbonyl (C=O) groups excluding carboxylic acids is 3. The molecule has 3 aromatic carbocycles. The zero-order chi connectivity index (χ0) is 24.3. The van der Waals surface area contributed by atoms with E-state index >= 15 is 0 Å². The monoisotopic (exact) mass is 460 g/mol. The van der Waals surface area contributed by atoms with Gasteiger partial charge in [0.05, 0.1) is 18.5 Å². The topological polar surface area (TPSA) is 118 Å². The van der Waals surface area contributed by atoms with Crippen molar-refractivity contribution in [3.05, 3.63) is 84.4 Å². The maximum atomic E-state index is 12.7. The first kappa shape index (κ1) is 24.0. The quantitative estimate of drug-likeness (QED) is 0.367. The Hall–Kier alpha value is -4.66. The van der Waals surface area contributed by atoms with E-state index in [0.29, 0.717) is 22.7 Å². The van der Waals surface area contributed by atoms with Gasteiger partial charge < -0.3 is 14.8 Å². The molecule has 0 aliphatic carbocycles. The molecule has 3 N–H and O–H groups in total. The van der Waals surface area contributed by atoms with Crippen molar-refractivity contribution >= 4 is 35.2 Å². The third kappa shape index (κ3) is 6.92. The van der Waals surface area contributed by atoms with Gasteiger partial charge in [-0.2, -0.15) is 0 Å². The summed E-state index contributed by atoms with van der Waals surface area (Å²) < 4.78 is 10.5. The van der Waals surface area contributed by atoms with Gasteiger partial charge in [-0.1, -0.05) is 43.3 Å². The zero-order valence-electron chi connectivity index (χ0n) is 18.7. The molecule has 9 heteroatoms. The number of hydrogen-bond donors (Lipinski definition) is 3. The first-order chi connectivity index (χ1) is 16.5. The Morgan fingerprint density at radius 2 is 1.53 bits per heavy atom. The highest BCUT2D eigenvalue weighted by molar-refractivity contribution is 6.07. The van der Waals surface area contributed by atoms with Gasteiger partial charge in [-0.15, -0.1) is 0 Å². The average molecular weight is 460 g/mol. The van der Waals surface area contributed by atoms with E-state index in [-0.39, 0.29) is 29.9 Å². The molecule has 0 fully saturated rings. The second-order valence-corrected chi connectivity index (χ2v) is 6.89. The van der Waals surface area contributed by atoms with Gasteiger partial charge >= 0.3 is 6.09 Å². The molecule has 0 saturated heterocycles. The number of amides is 3. The van der Waals surface area contributed by atoms with Crippen LogP contribution in [0, 0.1) is 0 Å². The fourth-order valence-electron chi connectivity index (χ4n) is 2.76. The molecule has 0 radical (unpaired) electrons. The number of methoxy groups -OCH3 is 1. The number of benzene rings is 3. The number of hydrogen-bond acceptors (Lipinski definition) is 6. The Bertz CT molecular complexity index is 1160. The summed E-state index contributed by atoms with van der Waals surface area (Å²) in [6.07, 6.45) is -0.655. The number of anilines is 1. The summed E-state index contributed by atoms with van der Waals surface area (Å²) in [4.78, 5) is 40.8. The Kier molecular flexibility index (Phi) is 8.34. The molecule has 0 aliphatic rings. The summed E-state index contributed by atoms with van der Waals surface area (Å²) in [6.45, 7) is 1.66. The van der Waals surface area contributed by atoms with Crippen LogP contribution in [0.5, 0.6) is 11.5 Å². The molecule has 0 aromatic heterocycles. The lowest BCUT2D eigenvalue weighted by Gasteiger charge is -2.14. The predicted molar refractivity (Wildman–Crippen MR) is 128 cm³/mol. The molecular formula is C25H24N4O5. The number of para-hydroxylation sites is 1. The molecule has 0 heterocycles. The third-order valence-electron chi connectivity index (χ3n) is 4.45. The van der Waals surface area contributed by atoms with Crippen molar-refractivity contribution in [2.75, 3.05) is 12.4 Å². The minimum Gasteiger partial charge on any atom is -0.457 e. The van der Waals surface area contributed by atoms with Gasteiger partial charge in [0.1, 0.15) is 11.5 Å². The van der Waals surface area contributed by atoms with E-state index in [2.05, 4.69) is 25.7 Å². The number of rotatable bonds is 6. The van der Waals surface area contributed by atoms with E-state index in [1.807, 2.05) is 24.3 Å². The minimum absolute atomic E-state index is 0.161. The third-order valence-corrected chi connectivity index (χ3v) is 4.45. The normalized spacial score (nSPS) is 10.7. The van der Waals surface area contributed by atoms with Crippen LogP contribution in [0.1, 0.15) is 23.7 Å². The molecule has 34 heavy (non-hydrogen) atoms. The summed E-state index contributed by atoms with van der Waals surface area (Å²) in [5.41, 5.74) is 1.03. The standard InChI is InChI=1S/C25H24N4O5/c1-3-22(30)28-24(29-25(32)33-2)27-21-16-19(34-18-12-8-5-9-13-18)14-15-20(21)26-23(31)17-10-6-4-7-11-17/h4-16H,3H2,1-2H3,(H,26,31)(H2,27,28,29,30,32). The molecule has 0 aliphatic heterocycles. The molecule has 3 rings (SSSR count). The van der Waals surface area contributed by atoms with Gasteiger partial charge in [-0.3, -0.25) is 20.2 Å². The summed E-state index contributed by atoms with van der Waals surface area (Å²) in [6, 6.07) is 22.7. The summed E-state index contributed by atoms with van der Waals surface area (Å²) in [5.74, 6) is 0.147. The highest BCUT2D eigenvalue weighted by Gasteiger charge is 2.14. The second-order valence-electron chi connectivity index (χ2n) is 6.89. The number of nitrogens with one attached hydrogen (secondary N) is 3. The van der Waals surface area contributed by atoms with Crippen molar-refractivity contribution in [3.8, 4) is 11.5 Å². The molecule has 0 spiro atoms. The van der Waals surface area contributed by atoms with Crippen molar-refractivity contribution in [1.29, 1.82) is 0 Å². The molecule has 0 unspecified atom stereocenters. The number of carbonyl (C=O) groups is 3. The molecule has 3 amide bonds. The minimum atomic E-state index is -0.818. The van der Waals surface area contributed by atoms with Crippen LogP contribution in [-0.2, 0) is 9.53 Å². The van der Waals surface area contributed by atoms with E-state index in [1.165, 1.54) is 7.11 Å². The molecule has 9 nitrogen and oxygen atoms in total. The fourth-order valence-corrected chi connectivity index (χ4v) is 2.76. The largest absolute Gasteiger partial charge is 0.457 e. The summed E-state index contributed by atoms with van der Waals surface area (Å²) >= 11 is 0. The van der Waals surface area contributed by atoms with Crippen LogP contribution >= 0.6 is 0 Å². The van der Waals surface area contributed by atoms with E-state index in [1.54, 1.807) is 61.5 Å². The molecule has 0 bridgehead atoms. The predicted octanol–water partition coefficient (Wildman–Crippen LogP) is 4.60. The van der Waals surface area contributed by atoms with Crippen LogP contribution in [-0.4, -0.2) is 31.0 Å². The van der Waals surface area contributed by atoms with Crippen LogP contribution in [0.4, 0.5) is 16.2 Å². The van der Waals surface area contributed by atoms with Crippen molar-refractivity contribution < 1.29 is 23.9 Å². The molecule has 3 aromatic rings. The Labute approximate surface area is 196 Å². The Balaban J connectivity index is 1.99. The van der Waals surface area contributed by atoms with Crippen LogP contribution in [0.15, 0.2) is 83.9 Å². The number of ether oxygens (including phenoxy) is 2. The SMILES string of the molecule is CCC(=O)NC(=Nc1cc(Oc2ccccc2)ccc1NC(=O)c1ccccc1)NC(=O)OC. The first-order valence-corrected chi connectivity index (χ1v) is 10.5. The van der Waals surface area contributed by atoms with Gasteiger partial charge in [-0.05, 0) is 36.4 Å². The van der Waals surface area contributed by atoms with Gasteiger partial charge in [0.2, 0.25) is 11.9 Å². The van der Waals surface area contributed by atoms with E-state index in [0.717, 1.165) is 0 Å². The lowest BCUT2D eigenvalue weighted by molar-refractivity contribution is -0.119. The van der Waals surface area contributed by atoms with E-state index in [4.69, 9.17) is 4.74 Å². The number of aliphatic imine (C=N–C) groups is 1. The highest BCUT2D eigenvalue weighted by atomic mass is 16.5. The Morgan fingerprint density at radius 1 is 0.853 bits per heavy atom. The number of guanidine groups is 1. The van der Waals surface area contributed by atoms with Crippen LogP contribution in [0.25, 0.3) is 0 Å². The first-order valence-electron chi connectivity index (χ1n) is 10.5.